The number of halogens is 1. The predicted octanol–water partition coefficient (Wildman–Crippen LogP) is 1.92. The molecular formula is C15H22FN3O2. The zero-order valence-electron chi connectivity index (χ0n) is 12.8. The van der Waals surface area contributed by atoms with Gasteiger partial charge in [0.1, 0.15) is 11.5 Å². The minimum Gasteiger partial charge on any atom is -0.480 e. The van der Waals surface area contributed by atoms with Gasteiger partial charge in [-0.05, 0) is 6.42 Å². The van der Waals surface area contributed by atoms with Gasteiger partial charge in [0.15, 0.2) is 0 Å². The quantitative estimate of drug-likeness (QED) is 0.851. The van der Waals surface area contributed by atoms with Crippen molar-refractivity contribution in [3.63, 3.8) is 0 Å². The summed E-state index contributed by atoms with van der Waals surface area (Å²) in [6.45, 7) is 6.56. The number of rotatable bonds is 4. The van der Waals surface area contributed by atoms with Gasteiger partial charge in [-0.1, -0.05) is 13.8 Å². The molecule has 5 nitrogen and oxygen atoms in total. The second-order valence-electron chi connectivity index (χ2n) is 5.30. The Balaban J connectivity index is 2.04. The summed E-state index contributed by atoms with van der Waals surface area (Å²) < 4.78 is 18.6. The van der Waals surface area contributed by atoms with Gasteiger partial charge in [0.05, 0.1) is 13.3 Å². The summed E-state index contributed by atoms with van der Waals surface area (Å²) >= 11 is 0. The fourth-order valence-corrected chi connectivity index (χ4v) is 2.45. The molecule has 2 heterocycles. The Morgan fingerprint density at radius 3 is 2.67 bits per heavy atom. The zero-order chi connectivity index (χ0) is 15.4. The molecule has 0 bridgehead atoms. The smallest absolute Gasteiger partial charge is 0.237 e. The van der Waals surface area contributed by atoms with Crippen LogP contribution in [0.25, 0.3) is 0 Å². The summed E-state index contributed by atoms with van der Waals surface area (Å²) in [5.41, 5.74) is 0.646. The van der Waals surface area contributed by atoms with Crippen molar-refractivity contribution in [1.29, 1.82) is 0 Å². The summed E-state index contributed by atoms with van der Waals surface area (Å²) in [5.74, 6) is 0.283. The van der Waals surface area contributed by atoms with Crippen molar-refractivity contribution in [3.8, 4) is 5.88 Å². The molecule has 1 saturated heterocycles. The van der Waals surface area contributed by atoms with Crippen LogP contribution < -0.4 is 9.64 Å². The zero-order valence-corrected chi connectivity index (χ0v) is 12.8. The second-order valence-corrected chi connectivity index (χ2v) is 5.30. The molecule has 0 radical (unpaired) electrons. The van der Waals surface area contributed by atoms with Crippen LogP contribution in [0.5, 0.6) is 5.88 Å². The van der Waals surface area contributed by atoms with E-state index in [0.717, 1.165) is 12.6 Å². The molecule has 1 aliphatic rings. The lowest BCUT2D eigenvalue weighted by Crippen LogP contribution is -2.50. The van der Waals surface area contributed by atoms with Crippen LogP contribution in [-0.2, 0) is 4.79 Å². The number of ether oxygens (including phenoxy) is 1. The summed E-state index contributed by atoms with van der Waals surface area (Å²) in [7, 11) is 1.52. The Morgan fingerprint density at radius 1 is 1.43 bits per heavy atom. The van der Waals surface area contributed by atoms with Crippen LogP contribution in [0.1, 0.15) is 20.3 Å². The van der Waals surface area contributed by atoms with Crippen molar-refractivity contribution >= 4 is 11.6 Å². The fraction of sp³-hybridized carbons (Fsp3) is 0.600. The molecule has 1 aromatic rings. The van der Waals surface area contributed by atoms with E-state index >= 15 is 0 Å². The molecule has 0 spiro atoms. The molecule has 1 fully saturated rings. The summed E-state index contributed by atoms with van der Waals surface area (Å²) in [6, 6.07) is 1.43. The molecule has 21 heavy (non-hydrogen) atoms. The average Bonchev–Trinajstić information content (AvgIpc) is 2.53. The number of anilines is 1. The van der Waals surface area contributed by atoms with Crippen LogP contribution in [0.3, 0.4) is 0 Å². The maximum Gasteiger partial charge on any atom is 0.237 e. The Labute approximate surface area is 124 Å². The third-order valence-electron chi connectivity index (χ3n) is 3.96. The van der Waals surface area contributed by atoms with E-state index in [-0.39, 0.29) is 17.6 Å². The minimum absolute atomic E-state index is 0.0573. The molecule has 0 aromatic carbocycles. The van der Waals surface area contributed by atoms with Crippen LogP contribution in [0.15, 0.2) is 12.3 Å². The highest BCUT2D eigenvalue weighted by atomic mass is 19.1. The normalized spacial score (nSPS) is 16.8. The predicted molar refractivity (Wildman–Crippen MR) is 79.0 cm³/mol. The van der Waals surface area contributed by atoms with Gasteiger partial charge in [0.25, 0.3) is 0 Å². The first-order valence-corrected chi connectivity index (χ1v) is 7.30. The second kappa shape index (κ2) is 6.74. The van der Waals surface area contributed by atoms with Crippen molar-refractivity contribution in [3.05, 3.63) is 18.1 Å². The van der Waals surface area contributed by atoms with Crippen molar-refractivity contribution in [1.82, 2.24) is 9.88 Å². The lowest BCUT2D eigenvalue weighted by atomic mass is 10.1. The van der Waals surface area contributed by atoms with E-state index < -0.39 is 0 Å². The van der Waals surface area contributed by atoms with Gasteiger partial charge in [-0.25, -0.2) is 9.37 Å². The van der Waals surface area contributed by atoms with E-state index in [9.17, 15) is 9.18 Å². The number of hydrogen-bond acceptors (Lipinski definition) is 4. The first-order chi connectivity index (χ1) is 10.1. The number of carbonyl (C=O) groups excluding carboxylic acids is 1. The van der Waals surface area contributed by atoms with Crippen molar-refractivity contribution < 1.29 is 13.9 Å². The largest absolute Gasteiger partial charge is 0.480 e. The molecule has 1 aromatic heterocycles. The Bertz CT molecular complexity index is 502. The lowest BCUT2D eigenvalue weighted by molar-refractivity contribution is -0.135. The first kappa shape index (κ1) is 15.5. The van der Waals surface area contributed by atoms with Gasteiger partial charge < -0.3 is 14.5 Å². The number of carbonyl (C=O) groups is 1. The van der Waals surface area contributed by atoms with Crippen LogP contribution in [0.2, 0.25) is 0 Å². The highest BCUT2D eigenvalue weighted by Crippen LogP contribution is 2.27. The van der Waals surface area contributed by atoms with E-state index in [2.05, 4.69) is 4.98 Å². The van der Waals surface area contributed by atoms with E-state index in [1.807, 2.05) is 23.6 Å². The van der Waals surface area contributed by atoms with Crippen LogP contribution >= 0.6 is 0 Å². The van der Waals surface area contributed by atoms with Crippen LogP contribution in [0, 0.1) is 11.7 Å². The molecule has 6 heteroatoms. The van der Waals surface area contributed by atoms with Crippen LogP contribution in [-0.4, -0.2) is 49.1 Å². The van der Waals surface area contributed by atoms with Crippen LogP contribution in [0.4, 0.5) is 10.1 Å². The molecule has 1 amide bonds. The van der Waals surface area contributed by atoms with E-state index in [1.165, 1.54) is 13.2 Å². The standard InChI is InChI=1S/C15H22FN3O2/c1-4-11(2)15(20)19-7-5-18(6-8-19)13-9-12(16)10-17-14(13)21-3/h9-11H,4-8H2,1-3H3. The third kappa shape index (κ3) is 3.43. The Morgan fingerprint density at radius 2 is 2.10 bits per heavy atom. The molecule has 0 aliphatic carbocycles. The molecule has 1 unspecified atom stereocenters. The maximum absolute atomic E-state index is 13.4. The SMILES string of the molecule is CCC(C)C(=O)N1CCN(c2cc(F)cnc2OC)CC1. The number of methoxy groups -OCH3 is 1. The topological polar surface area (TPSA) is 45.7 Å². The molecular weight excluding hydrogens is 273 g/mol. The lowest BCUT2D eigenvalue weighted by Gasteiger charge is -2.37. The Kier molecular flexibility index (Phi) is 4.98. The van der Waals surface area contributed by atoms with Gasteiger partial charge in [-0.3, -0.25) is 4.79 Å². The highest BCUT2D eigenvalue weighted by molar-refractivity contribution is 5.78. The van der Waals surface area contributed by atoms with E-state index in [4.69, 9.17) is 4.74 Å². The Hall–Kier alpha value is -1.85. The average molecular weight is 295 g/mol. The number of nitrogens with zero attached hydrogens (tertiary/aromatic N) is 3. The van der Waals surface area contributed by atoms with E-state index in [0.29, 0.717) is 37.7 Å². The van der Waals surface area contributed by atoms with Crippen molar-refractivity contribution in [2.75, 3.05) is 38.2 Å². The van der Waals surface area contributed by atoms with Gasteiger partial charge in [-0.15, -0.1) is 0 Å². The number of amides is 1. The number of piperazine rings is 1. The minimum atomic E-state index is -0.385. The van der Waals surface area contributed by atoms with E-state index in [1.54, 1.807) is 0 Å². The highest BCUT2D eigenvalue weighted by Gasteiger charge is 2.25. The molecule has 1 atom stereocenters. The van der Waals surface area contributed by atoms with Gasteiger partial charge >= 0.3 is 0 Å². The molecule has 116 valence electrons. The number of aromatic nitrogens is 1. The molecule has 0 N–H and O–H groups in total. The molecule has 1 aliphatic heterocycles. The summed E-state index contributed by atoms with van der Waals surface area (Å²) in [5, 5.41) is 0. The third-order valence-corrected chi connectivity index (χ3v) is 3.96. The van der Waals surface area contributed by atoms with Gasteiger partial charge in [0.2, 0.25) is 11.8 Å². The molecule has 0 saturated carbocycles. The van der Waals surface area contributed by atoms with Gasteiger partial charge in [-0.2, -0.15) is 0 Å². The molecule has 2 rings (SSSR count). The maximum atomic E-state index is 13.4. The first-order valence-electron chi connectivity index (χ1n) is 7.30. The number of pyridine rings is 1. The van der Waals surface area contributed by atoms with Gasteiger partial charge in [0, 0.05) is 38.2 Å². The summed E-state index contributed by atoms with van der Waals surface area (Å²) in [6.07, 6.45) is 1.99. The fourth-order valence-electron chi connectivity index (χ4n) is 2.45. The van der Waals surface area contributed by atoms with Crippen molar-refractivity contribution in [2.24, 2.45) is 5.92 Å². The van der Waals surface area contributed by atoms with Crippen molar-refractivity contribution in [2.45, 2.75) is 20.3 Å². The summed E-state index contributed by atoms with van der Waals surface area (Å²) in [4.78, 5) is 20.0. The number of hydrogen-bond donors (Lipinski definition) is 0. The monoisotopic (exact) mass is 295 g/mol.